The number of halogens is 1. The van der Waals surface area contributed by atoms with Crippen LogP contribution in [0.4, 0.5) is 4.39 Å². The molecular formula is C20H31FN4O. The van der Waals surface area contributed by atoms with Crippen molar-refractivity contribution >= 4 is 5.91 Å². The number of nitrogens with one attached hydrogen (secondary N) is 1. The predicted molar refractivity (Wildman–Crippen MR) is 101 cm³/mol. The molecule has 1 saturated carbocycles. The third-order valence-corrected chi connectivity index (χ3v) is 5.70. The minimum absolute atomic E-state index is 0.00809. The standard InChI is InChI=1S/C20H31FN4O/c1-23(2)18(16-4-6-17(21)7-5-16)19(26)22-14-20(8-9-20)15-25-12-10-24(3)11-13-25/h4-7,18H,8-15H2,1-3H3,(H,22,26). The minimum atomic E-state index is -0.393. The Morgan fingerprint density at radius 1 is 1.19 bits per heavy atom. The van der Waals surface area contributed by atoms with Crippen molar-refractivity contribution in [1.29, 1.82) is 0 Å². The monoisotopic (exact) mass is 362 g/mol. The summed E-state index contributed by atoms with van der Waals surface area (Å²) in [5.41, 5.74) is 1.06. The average Bonchev–Trinajstić information content (AvgIpc) is 3.37. The van der Waals surface area contributed by atoms with E-state index in [1.165, 1.54) is 25.0 Å². The van der Waals surface area contributed by atoms with Gasteiger partial charge in [0, 0.05) is 44.7 Å². The maximum absolute atomic E-state index is 13.2. The first kappa shape index (κ1) is 19.3. The van der Waals surface area contributed by atoms with Crippen LogP contribution in [0.2, 0.25) is 0 Å². The van der Waals surface area contributed by atoms with Gasteiger partial charge in [-0.05, 0) is 51.7 Å². The van der Waals surface area contributed by atoms with Gasteiger partial charge in [-0.2, -0.15) is 0 Å². The molecule has 0 spiro atoms. The van der Waals surface area contributed by atoms with Gasteiger partial charge >= 0.3 is 0 Å². The minimum Gasteiger partial charge on any atom is -0.354 e. The maximum Gasteiger partial charge on any atom is 0.241 e. The van der Waals surface area contributed by atoms with E-state index < -0.39 is 6.04 Å². The number of carbonyl (C=O) groups is 1. The highest BCUT2D eigenvalue weighted by Crippen LogP contribution is 2.45. The SMILES string of the molecule is CN1CCN(CC2(CNC(=O)C(c3ccc(F)cc3)N(C)C)CC2)CC1. The van der Waals surface area contributed by atoms with Crippen LogP contribution in [-0.4, -0.2) is 81.0 Å². The number of rotatable bonds is 7. The van der Waals surface area contributed by atoms with Gasteiger partial charge in [-0.25, -0.2) is 4.39 Å². The Morgan fingerprint density at radius 2 is 1.81 bits per heavy atom. The highest BCUT2D eigenvalue weighted by molar-refractivity contribution is 5.83. The van der Waals surface area contributed by atoms with E-state index in [-0.39, 0.29) is 17.1 Å². The van der Waals surface area contributed by atoms with Gasteiger partial charge in [0.15, 0.2) is 0 Å². The molecule has 0 radical (unpaired) electrons. The largest absolute Gasteiger partial charge is 0.354 e. The van der Waals surface area contributed by atoms with Crippen LogP contribution in [-0.2, 0) is 4.79 Å². The second kappa shape index (κ2) is 8.03. The number of carbonyl (C=O) groups excluding carboxylic acids is 1. The summed E-state index contributed by atoms with van der Waals surface area (Å²) in [6, 6.07) is 5.81. The van der Waals surface area contributed by atoms with Crippen molar-refractivity contribution in [2.24, 2.45) is 5.41 Å². The molecule has 1 heterocycles. The van der Waals surface area contributed by atoms with Gasteiger partial charge in [-0.1, -0.05) is 12.1 Å². The van der Waals surface area contributed by atoms with Crippen LogP contribution in [0, 0.1) is 11.2 Å². The second-order valence-corrected chi connectivity index (χ2v) is 8.21. The highest BCUT2D eigenvalue weighted by atomic mass is 19.1. The Labute approximate surface area is 156 Å². The van der Waals surface area contributed by atoms with Gasteiger partial charge in [0.2, 0.25) is 5.91 Å². The second-order valence-electron chi connectivity index (χ2n) is 8.21. The molecule has 1 aromatic rings. The van der Waals surface area contributed by atoms with E-state index in [4.69, 9.17) is 0 Å². The number of benzene rings is 1. The lowest BCUT2D eigenvalue weighted by atomic mass is 10.0. The zero-order valence-electron chi connectivity index (χ0n) is 16.2. The van der Waals surface area contributed by atoms with E-state index in [1.54, 1.807) is 12.1 Å². The van der Waals surface area contributed by atoms with E-state index in [0.29, 0.717) is 0 Å². The maximum atomic E-state index is 13.2. The predicted octanol–water partition coefficient (Wildman–Crippen LogP) is 1.57. The molecule has 1 unspecified atom stereocenters. The van der Waals surface area contributed by atoms with Crippen molar-refractivity contribution in [2.75, 3.05) is 60.4 Å². The lowest BCUT2D eigenvalue weighted by molar-refractivity contribution is -0.126. The van der Waals surface area contributed by atoms with Crippen LogP contribution in [0.15, 0.2) is 24.3 Å². The first-order chi connectivity index (χ1) is 12.4. The van der Waals surface area contributed by atoms with Crippen LogP contribution in [0.1, 0.15) is 24.4 Å². The Hall–Kier alpha value is -1.50. The van der Waals surface area contributed by atoms with E-state index in [0.717, 1.165) is 44.8 Å². The van der Waals surface area contributed by atoms with E-state index in [9.17, 15) is 9.18 Å². The lowest BCUT2D eigenvalue weighted by Crippen LogP contribution is -2.48. The van der Waals surface area contributed by atoms with Crippen LogP contribution < -0.4 is 5.32 Å². The van der Waals surface area contributed by atoms with Gasteiger partial charge in [0.05, 0.1) is 0 Å². The van der Waals surface area contributed by atoms with E-state index >= 15 is 0 Å². The smallest absolute Gasteiger partial charge is 0.241 e. The van der Waals surface area contributed by atoms with Gasteiger partial charge < -0.3 is 15.1 Å². The molecule has 1 saturated heterocycles. The number of piperazine rings is 1. The quantitative estimate of drug-likeness (QED) is 0.799. The Bertz CT molecular complexity index is 607. The number of hydrogen-bond donors (Lipinski definition) is 1. The molecule has 1 aromatic carbocycles. The topological polar surface area (TPSA) is 38.8 Å². The summed E-state index contributed by atoms with van der Waals surface area (Å²) in [6.07, 6.45) is 2.37. The van der Waals surface area contributed by atoms with E-state index in [2.05, 4.69) is 22.2 Å². The first-order valence-corrected chi connectivity index (χ1v) is 9.49. The van der Waals surface area contributed by atoms with Gasteiger partial charge in [-0.15, -0.1) is 0 Å². The van der Waals surface area contributed by atoms with Crippen LogP contribution in [0.3, 0.4) is 0 Å². The normalized spacial score (nSPS) is 21.6. The molecule has 5 nitrogen and oxygen atoms in total. The Morgan fingerprint density at radius 3 is 2.35 bits per heavy atom. The highest BCUT2D eigenvalue weighted by Gasteiger charge is 2.44. The number of nitrogens with zero attached hydrogens (tertiary/aromatic N) is 3. The molecule has 1 atom stereocenters. The number of likely N-dealkylation sites (N-methyl/N-ethyl adjacent to an activating group) is 2. The van der Waals surface area contributed by atoms with Crippen LogP contribution in [0.25, 0.3) is 0 Å². The summed E-state index contributed by atoms with van der Waals surface area (Å²) in [5, 5.41) is 3.17. The molecular weight excluding hydrogens is 331 g/mol. The number of amides is 1. The van der Waals surface area contributed by atoms with Crippen LogP contribution >= 0.6 is 0 Å². The first-order valence-electron chi connectivity index (χ1n) is 9.49. The summed E-state index contributed by atoms with van der Waals surface area (Å²) in [5.74, 6) is -0.290. The van der Waals surface area contributed by atoms with Crippen LogP contribution in [0.5, 0.6) is 0 Å². The van der Waals surface area contributed by atoms with Crippen molar-refractivity contribution in [3.63, 3.8) is 0 Å². The summed E-state index contributed by atoms with van der Waals surface area (Å²) in [4.78, 5) is 19.6. The molecule has 2 fully saturated rings. The molecule has 1 aliphatic carbocycles. The molecule has 0 bridgehead atoms. The fraction of sp³-hybridized carbons (Fsp3) is 0.650. The molecule has 0 aromatic heterocycles. The number of hydrogen-bond acceptors (Lipinski definition) is 4. The van der Waals surface area contributed by atoms with Crippen molar-refractivity contribution in [3.05, 3.63) is 35.6 Å². The van der Waals surface area contributed by atoms with Gasteiger partial charge in [0.1, 0.15) is 11.9 Å². The van der Waals surface area contributed by atoms with Crippen molar-refractivity contribution in [3.8, 4) is 0 Å². The lowest BCUT2D eigenvalue weighted by Gasteiger charge is -2.35. The van der Waals surface area contributed by atoms with Crippen molar-refractivity contribution in [2.45, 2.75) is 18.9 Å². The van der Waals surface area contributed by atoms with Gasteiger partial charge in [0.25, 0.3) is 0 Å². The van der Waals surface area contributed by atoms with Crippen molar-refractivity contribution < 1.29 is 9.18 Å². The molecule has 6 heteroatoms. The molecule has 1 aliphatic heterocycles. The van der Waals surface area contributed by atoms with Crippen molar-refractivity contribution in [1.82, 2.24) is 20.0 Å². The zero-order valence-corrected chi connectivity index (χ0v) is 16.2. The molecule has 1 N–H and O–H groups in total. The molecule has 144 valence electrons. The molecule has 26 heavy (non-hydrogen) atoms. The fourth-order valence-electron chi connectivity index (χ4n) is 3.75. The summed E-state index contributed by atoms with van der Waals surface area (Å²) >= 11 is 0. The molecule has 2 aliphatic rings. The van der Waals surface area contributed by atoms with E-state index in [1.807, 2.05) is 19.0 Å². The summed E-state index contributed by atoms with van der Waals surface area (Å²) in [7, 11) is 5.93. The Kier molecular flexibility index (Phi) is 5.95. The average molecular weight is 362 g/mol. The molecule has 3 rings (SSSR count). The summed E-state index contributed by atoms with van der Waals surface area (Å²) in [6.45, 7) is 6.27. The third-order valence-electron chi connectivity index (χ3n) is 5.70. The third kappa shape index (κ3) is 4.81. The molecule has 1 amide bonds. The zero-order chi connectivity index (χ0) is 18.7. The fourth-order valence-corrected chi connectivity index (χ4v) is 3.75. The Balaban J connectivity index is 1.55. The summed E-state index contributed by atoms with van der Waals surface area (Å²) < 4.78 is 13.2. The van der Waals surface area contributed by atoms with Gasteiger partial charge in [-0.3, -0.25) is 9.69 Å².